The van der Waals surface area contributed by atoms with Crippen LogP contribution < -0.4 is 9.62 Å². The zero-order valence-electron chi connectivity index (χ0n) is 16.2. The molecule has 156 valence electrons. The smallest absolute Gasteiger partial charge is 0.264 e. The van der Waals surface area contributed by atoms with Crippen molar-refractivity contribution < 1.29 is 22.8 Å². The Morgan fingerprint density at radius 3 is 2.37 bits per heavy atom. The fourth-order valence-electron chi connectivity index (χ4n) is 3.73. The van der Waals surface area contributed by atoms with Crippen LogP contribution >= 0.6 is 0 Å². The molecule has 30 heavy (non-hydrogen) atoms. The molecule has 0 spiro atoms. The first kappa shape index (κ1) is 20.1. The predicted molar refractivity (Wildman–Crippen MR) is 110 cm³/mol. The summed E-state index contributed by atoms with van der Waals surface area (Å²) in [4.78, 5) is 36.9. The van der Waals surface area contributed by atoms with Crippen molar-refractivity contribution in [1.82, 2.24) is 4.90 Å². The van der Waals surface area contributed by atoms with Crippen LogP contribution in [0.5, 0.6) is 0 Å². The number of carbonyl (C=O) groups excluding carboxylic acids is 3. The highest BCUT2D eigenvalue weighted by atomic mass is 32.2. The van der Waals surface area contributed by atoms with Gasteiger partial charge in [-0.3, -0.25) is 23.6 Å². The number of hydrogen-bond donors (Lipinski definition) is 1. The second-order valence-corrected chi connectivity index (χ2v) is 9.12. The summed E-state index contributed by atoms with van der Waals surface area (Å²) in [6.45, 7) is -0.000805. The summed E-state index contributed by atoms with van der Waals surface area (Å²) in [5.74, 6) is -1.23. The summed E-state index contributed by atoms with van der Waals surface area (Å²) in [6.07, 6.45) is 1.68. The average molecular weight is 427 g/mol. The van der Waals surface area contributed by atoms with Gasteiger partial charge in [0.05, 0.1) is 10.6 Å². The van der Waals surface area contributed by atoms with Gasteiger partial charge in [-0.2, -0.15) is 0 Å². The fraction of sp³-hybridized carbons (Fsp3) is 0.286. The summed E-state index contributed by atoms with van der Waals surface area (Å²) in [5.41, 5.74) is 1.81. The molecule has 2 aliphatic rings. The highest BCUT2D eigenvalue weighted by molar-refractivity contribution is 7.92. The molecule has 0 atom stereocenters. The fourth-order valence-corrected chi connectivity index (χ4v) is 5.29. The number of aryl methyl sites for hydroxylation is 1. The van der Waals surface area contributed by atoms with Crippen molar-refractivity contribution in [3.05, 3.63) is 54.1 Å². The number of benzene rings is 2. The number of nitrogens with one attached hydrogen (secondary N) is 1. The van der Waals surface area contributed by atoms with Gasteiger partial charge in [-0.05, 0) is 42.7 Å². The van der Waals surface area contributed by atoms with E-state index in [4.69, 9.17) is 0 Å². The van der Waals surface area contributed by atoms with Gasteiger partial charge in [0, 0.05) is 25.1 Å². The topological polar surface area (TPSA) is 104 Å². The van der Waals surface area contributed by atoms with E-state index in [1.54, 1.807) is 48.5 Å². The van der Waals surface area contributed by atoms with Crippen molar-refractivity contribution in [2.45, 2.75) is 30.6 Å². The van der Waals surface area contributed by atoms with Gasteiger partial charge in [-0.1, -0.05) is 24.3 Å². The van der Waals surface area contributed by atoms with E-state index in [0.717, 1.165) is 16.9 Å². The van der Waals surface area contributed by atoms with E-state index in [0.29, 0.717) is 24.3 Å². The molecule has 0 radical (unpaired) electrons. The van der Waals surface area contributed by atoms with E-state index in [2.05, 4.69) is 5.32 Å². The van der Waals surface area contributed by atoms with Crippen LogP contribution in [0, 0.1) is 0 Å². The minimum atomic E-state index is -3.73. The van der Waals surface area contributed by atoms with E-state index in [1.165, 1.54) is 4.31 Å². The Kier molecular flexibility index (Phi) is 5.29. The Balaban J connectivity index is 1.57. The molecule has 8 nitrogen and oxygen atoms in total. The number of carbonyl (C=O) groups is 3. The molecule has 2 aromatic carbocycles. The second-order valence-electron chi connectivity index (χ2n) is 7.26. The quantitative estimate of drug-likeness (QED) is 0.734. The Labute approximate surface area is 174 Å². The first-order chi connectivity index (χ1) is 14.4. The van der Waals surface area contributed by atoms with Gasteiger partial charge in [0.2, 0.25) is 17.7 Å². The van der Waals surface area contributed by atoms with Crippen LogP contribution in [-0.4, -0.2) is 44.1 Å². The normalized spacial score (nSPS) is 16.5. The number of amides is 3. The predicted octanol–water partition coefficient (Wildman–Crippen LogP) is 1.92. The molecule has 0 unspecified atom stereocenters. The minimum Gasteiger partial charge on any atom is -0.324 e. The standard InChI is InChI=1S/C21H21N3O5S/c25-19(14-23-20(26)10-11-21(23)27)22-16-9-8-15-5-4-12-24(18(15)13-16)30(28,29)17-6-2-1-3-7-17/h1-3,6-9,13H,4-5,10-12,14H2,(H,22,25). The van der Waals surface area contributed by atoms with Crippen LogP contribution in [0.25, 0.3) is 0 Å². The van der Waals surface area contributed by atoms with Crippen LogP contribution in [-0.2, 0) is 30.8 Å². The van der Waals surface area contributed by atoms with Gasteiger partial charge in [0.25, 0.3) is 10.0 Å². The number of imide groups is 1. The highest BCUT2D eigenvalue weighted by Crippen LogP contribution is 2.34. The maximum absolute atomic E-state index is 13.1. The SMILES string of the molecule is O=C(CN1C(=O)CCC1=O)Nc1ccc2c(c1)N(S(=O)(=O)c1ccccc1)CCC2. The third-order valence-corrected chi connectivity index (χ3v) is 7.06. The number of fused-ring (bicyclic) bond motifs is 1. The molecule has 0 bridgehead atoms. The lowest BCUT2D eigenvalue weighted by Crippen LogP contribution is -2.37. The molecule has 2 heterocycles. The lowest BCUT2D eigenvalue weighted by atomic mass is 10.0. The van der Waals surface area contributed by atoms with Gasteiger partial charge in [-0.15, -0.1) is 0 Å². The zero-order chi connectivity index (χ0) is 21.3. The molecule has 4 rings (SSSR count). The lowest BCUT2D eigenvalue weighted by Gasteiger charge is -2.31. The zero-order valence-corrected chi connectivity index (χ0v) is 17.0. The van der Waals surface area contributed by atoms with Crippen molar-refractivity contribution in [1.29, 1.82) is 0 Å². The second kappa shape index (κ2) is 7.91. The Morgan fingerprint density at radius 1 is 0.967 bits per heavy atom. The molecule has 2 aliphatic heterocycles. The molecule has 1 fully saturated rings. The summed E-state index contributed by atoms with van der Waals surface area (Å²) in [5, 5.41) is 2.67. The number of likely N-dealkylation sites (tertiary alicyclic amines) is 1. The number of anilines is 2. The van der Waals surface area contributed by atoms with E-state index >= 15 is 0 Å². The van der Waals surface area contributed by atoms with Gasteiger partial charge < -0.3 is 5.32 Å². The summed E-state index contributed by atoms with van der Waals surface area (Å²) in [7, 11) is -3.73. The van der Waals surface area contributed by atoms with E-state index in [-0.39, 0.29) is 36.1 Å². The van der Waals surface area contributed by atoms with Crippen molar-refractivity contribution in [3.63, 3.8) is 0 Å². The van der Waals surface area contributed by atoms with Crippen LogP contribution in [0.3, 0.4) is 0 Å². The van der Waals surface area contributed by atoms with E-state index in [9.17, 15) is 22.8 Å². The Hall–Kier alpha value is -3.20. The molecular weight excluding hydrogens is 406 g/mol. The van der Waals surface area contributed by atoms with E-state index < -0.39 is 15.9 Å². The van der Waals surface area contributed by atoms with Crippen LogP contribution in [0.4, 0.5) is 11.4 Å². The summed E-state index contributed by atoms with van der Waals surface area (Å²) >= 11 is 0. The van der Waals surface area contributed by atoms with Crippen molar-refractivity contribution in [2.75, 3.05) is 22.7 Å². The number of rotatable bonds is 5. The third kappa shape index (κ3) is 3.80. The van der Waals surface area contributed by atoms with Crippen LogP contribution in [0.2, 0.25) is 0 Å². The molecule has 3 amide bonds. The summed E-state index contributed by atoms with van der Waals surface area (Å²) in [6, 6.07) is 13.3. The molecule has 2 aromatic rings. The Morgan fingerprint density at radius 2 is 1.67 bits per heavy atom. The molecular formula is C21H21N3O5S. The van der Waals surface area contributed by atoms with Crippen molar-refractivity contribution in [3.8, 4) is 0 Å². The van der Waals surface area contributed by atoms with E-state index in [1.807, 2.05) is 0 Å². The molecule has 0 aromatic heterocycles. The average Bonchev–Trinajstić information content (AvgIpc) is 3.05. The van der Waals surface area contributed by atoms with Crippen molar-refractivity contribution >= 4 is 39.1 Å². The van der Waals surface area contributed by atoms with Gasteiger partial charge in [-0.25, -0.2) is 8.42 Å². The lowest BCUT2D eigenvalue weighted by molar-refractivity contribution is -0.141. The van der Waals surface area contributed by atoms with Gasteiger partial charge in [0.1, 0.15) is 6.54 Å². The third-order valence-electron chi connectivity index (χ3n) is 5.23. The van der Waals surface area contributed by atoms with Crippen LogP contribution in [0.15, 0.2) is 53.4 Å². The highest BCUT2D eigenvalue weighted by Gasteiger charge is 2.31. The monoisotopic (exact) mass is 427 g/mol. The minimum absolute atomic E-state index is 0.122. The first-order valence-corrected chi connectivity index (χ1v) is 11.1. The molecule has 1 N–H and O–H groups in total. The number of hydrogen-bond acceptors (Lipinski definition) is 5. The molecule has 0 saturated carbocycles. The number of nitrogens with zero attached hydrogens (tertiary/aromatic N) is 2. The maximum atomic E-state index is 13.1. The largest absolute Gasteiger partial charge is 0.324 e. The maximum Gasteiger partial charge on any atom is 0.264 e. The molecule has 0 aliphatic carbocycles. The molecule has 9 heteroatoms. The van der Waals surface area contributed by atoms with Gasteiger partial charge >= 0.3 is 0 Å². The first-order valence-electron chi connectivity index (χ1n) is 9.70. The van der Waals surface area contributed by atoms with Crippen LogP contribution in [0.1, 0.15) is 24.8 Å². The van der Waals surface area contributed by atoms with Crippen molar-refractivity contribution in [2.24, 2.45) is 0 Å². The Bertz CT molecular complexity index is 1100. The number of sulfonamides is 1. The summed E-state index contributed by atoms with van der Waals surface area (Å²) < 4.78 is 27.7. The van der Waals surface area contributed by atoms with Gasteiger partial charge in [0.15, 0.2) is 0 Å². The molecule has 1 saturated heterocycles.